The van der Waals surface area contributed by atoms with E-state index in [0.29, 0.717) is 13.0 Å². The van der Waals surface area contributed by atoms with Gasteiger partial charge in [-0.2, -0.15) is 0 Å². The largest absolute Gasteiger partial charge is 0.303 e. The number of carbonyl (C=O) groups is 1. The zero-order valence-corrected chi connectivity index (χ0v) is 11.0. The second-order valence-electron chi connectivity index (χ2n) is 5.09. The summed E-state index contributed by atoms with van der Waals surface area (Å²) in [6.45, 7) is 2.71. The van der Waals surface area contributed by atoms with Crippen molar-refractivity contribution in [2.24, 2.45) is 0 Å². The van der Waals surface area contributed by atoms with Crippen LogP contribution in [-0.4, -0.2) is 30.3 Å². The summed E-state index contributed by atoms with van der Waals surface area (Å²) in [5.41, 5.74) is 0.132. The molecule has 0 atom stereocenters. The molecule has 1 heterocycles. The zero-order chi connectivity index (χ0) is 13.7. The van der Waals surface area contributed by atoms with E-state index in [-0.39, 0.29) is 11.3 Å². The highest BCUT2D eigenvalue weighted by molar-refractivity contribution is 5.96. The molecule has 0 unspecified atom stereocenters. The summed E-state index contributed by atoms with van der Waals surface area (Å²) < 4.78 is 26.1. The molecule has 1 fully saturated rings. The molecular weight excluding hydrogens is 248 g/mol. The third-order valence-corrected chi connectivity index (χ3v) is 3.54. The number of benzene rings is 1. The third-order valence-electron chi connectivity index (χ3n) is 3.54. The van der Waals surface area contributed by atoms with Crippen LogP contribution in [0, 0.1) is 11.6 Å². The number of likely N-dealkylation sites (tertiary alicyclic amines) is 1. The average Bonchev–Trinajstić information content (AvgIpc) is 2.63. The van der Waals surface area contributed by atoms with Crippen molar-refractivity contribution < 1.29 is 13.6 Å². The lowest BCUT2D eigenvalue weighted by Crippen LogP contribution is -2.27. The summed E-state index contributed by atoms with van der Waals surface area (Å²) in [6, 6.07) is 2.99. The van der Waals surface area contributed by atoms with Crippen LogP contribution in [0.2, 0.25) is 0 Å². The molecule has 0 radical (unpaired) electrons. The molecule has 1 aliphatic rings. The van der Waals surface area contributed by atoms with Gasteiger partial charge in [-0.3, -0.25) is 4.79 Å². The van der Waals surface area contributed by atoms with Crippen molar-refractivity contribution in [1.29, 1.82) is 0 Å². The van der Waals surface area contributed by atoms with Crippen molar-refractivity contribution in [3.05, 3.63) is 35.4 Å². The Labute approximate surface area is 112 Å². The molecule has 4 heteroatoms. The van der Waals surface area contributed by atoms with Crippen molar-refractivity contribution in [2.45, 2.75) is 32.1 Å². The number of hydrogen-bond donors (Lipinski definition) is 0. The first-order valence-corrected chi connectivity index (χ1v) is 6.87. The molecule has 1 saturated heterocycles. The zero-order valence-electron chi connectivity index (χ0n) is 11.0. The van der Waals surface area contributed by atoms with E-state index in [4.69, 9.17) is 0 Å². The van der Waals surface area contributed by atoms with E-state index < -0.39 is 11.6 Å². The van der Waals surface area contributed by atoms with Gasteiger partial charge in [-0.1, -0.05) is 12.8 Å². The van der Waals surface area contributed by atoms with Crippen LogP contribution in [0.5, 0.6) is 0 Å². The number of hydrogen-bond acceptors (Lipinski definition) is 2. The van der Waals surface area contributed by atoms with Gasteiger partial charge in [0.15, 0.2) is 5.78 Å². The number of ketones is 1. The van der Waals surface area contributed by atoms with Crippen molar-refractivity contribution in [3.8, 4) is 0 Å². The van der Waals surface area contributed by atoms with Gasteiger partial charge in [0.1, 0.15) is 11.6 Å². The van der Waals surface area contributed by atoms with Crippen LogP contribution in [0.15, 0.2) is 18.2 Å². The molecule has 19 heavy (non-hydrogen) atoms. The summed E-state index contributed by atoms with van der Waals surface area (Å²) in [5, 5.41) is 0. The fourth-order valence-electron chi connectivity index (χ4n) is 2.48. The van der Waals surface area contributed by atoms with Crippen LogP contribution in [0.1, 0.15) is 42.5 Å². The maximum atomic E-state index is 13.0. The van der Waals surface area contributed by atoms with Crippen LogP contribution in [0.4, 0.5) is 8.78 Å². The highest BCUT2D eigenvalue weighted by Crippen LogP contribution is 2.13. The minimum Gasteiger partial charge on any atom is -0.303 e. The lowest BCUT2D eigenvalue weighted by Gasteiger charge is -2.18. The van der Waals surface area contributed by atoms with Crippen molar-refractivity contribution in [1.82, 2.24) is 4.90 Å². The molecule has 0 spiro atoms. The van der Waals surface area contributed by atoms with E-state index in [9.17, 15) is 13.6 Å². The van der Waals surface area contributed by atoms with Gasteiger partial charge >= 0.3 is 0 Å². The molecule has 0 bridgehead atoms. The van der Waals surface area contributed by atoms with E-state index in [2.05, 4.69) is 4.90 Å². The van der Waals surface area contributed by atoms with Gasteiger partial charge in [-0.15, -0.1) is 0 Å². The van der Waals surface area contributed by atoms with Crippen LogP contribution < -0.4 is 0 Å². The second kappa shape index (κ2) is 6.75. The number of Topliss-reactive ketones (excluding diaryl/α,β-unsaturated/α-hetero) is 1. The van der Waals surface area contributed by atoms with Gasteiger partial charge in [-0.25, -0.2) is 8.78 Å². The molecule has 0 saturated carbocycles. The average molecular weight is 267 g/mol. The number of rotatable bonds is 4. The molecule has 2 nitrogen and oxygen atoms in total. The molecule has 1 aromatic rings. The number of carbonyl (C=O) groups excluding carboxylic acids is 1. The standard InChI is InChI=1S/C15H19F2NO/c16-13-9-12(10-14(17)11-13)15(19)5-8-18-6-3-1-2-4-7-18/h9-11H,1-8H2. The maximum Gasteiger partial charge on any atom is 0.164 e. The normalized spacial score (nSPS) is 17.2. The molecule has 1 aliphatic heterocycles. The smallest absolute Gasteiger partial charge is 0.164 e. The van der Waals surface area contributed by atoms with Crippen LogP contribution >= 0.6 is 0 Å². The summed E-state index contributed by atoms with van der Waals surface area (Å²) in [7, 11) is 0. The van der Waals surface area contributed by atoms with Crippen molar-refractivity contribution in [3.63, 3.8) is 0 Å². The van der Waals surface area contributed by atoms with Gasteiger partial charge in [0.05, 0.1) is 0 Å². The number of nitrogens with zero attached hydrogens (tertiary/aromatic N) is 1. The predicted molar refractivity (Wildman–Crippen MR) is 70.2 cm³/mol. The molecule has 0 amide bonds. The van der Waals surface area contributed by atoms with Crippen molar-refractivity contribution >= 4 is 5.78 Å². The van der Waals surface area contributed by atoms with E-state index in [1.165, 1.54) is 25.7 Å². The molecule has 0 aromatic heterocycles. The Hall–Kier alpha value is -1.29. The van der Waals surface area contributed by atoms with Gasteiger partial charge in [0.2, 0.25) is 0 Å². The first kappa shape index (κ1) is 14.1. The molecule has 0 N–H and O–H groups in total. The quantitative estimate of drug-likeness (QED) is 0.779. The van der Waals surface area contributed by atoms with Gasteiger partial charge < -0.3 is 4.90 Å². The van der Waals surface area contributed by atoms with E-state index in [0.717, 1.165) is 31.3 Å². The maximum absolute atomic E-state index is 13.0. The first-order chi connectivity index (χ1) is 9.15. The topological polar surface area (TPSA) is 20.3 Å². The Morgan fingerprint density at radius 1 is 1.00 bits per heavy atom. The monoisotopic (exact) mass is 267 g/mol. The summed E-state index contributed by atoms with van der Waals surface area (Å²) >= 11 is 0. The second-order valence-corrected chi connectivity index (χ2v) is 5.09. The molecule has 0 aliphatic carbocycles. The fraction of sp³-hybridized carbons (Fsp3) is 0.533. The molecule has 104 valence electrons. The number of halogens is 2. The minimum absolute atomic E-state index is 0.132. The Bertz CT molecular complexity index is 420. The molecule has 1 aromatic carbocycles. The predicted octanol–water partition coefficient (Wildman–Crippen LogP) is 3.41. The van der Waals surface area contributed by atoms with Crippen molar-refractivity contribution in [2.75, 3.05) is 19.6 Å². The van der Waals surface area contributed by atoms with Gasteiger partial charge in [0, 0.05) is 24.6 Å². The minimum atomic E-state index is -0.696. The highest BCUT2D eigenvalue weighted by Gasteiger charge is 2.13. The molecular formula is C15H19F2NO. The SMILES string of the molecule is O=C(CCN1CCCCCC1)c1cc(F)cc(F)c1. The molecule has 2 rings (SSSR count). The van der Waals surface area contributed by atoms with Crippen LogP contribution in [0.3, 0.4) is 0 Å². The summed E-state index contributed by atoms with van der Waals surface area (Å²) in [6.07, 6.45) is 5.16. The fourth-order valence-corrected chi connectivity index (χ4v) is 2.48. The Morgan fingerprint density at radius 3 is 2.16 bits per heavy atom. The lowest BCUT2D eigenvalue weighted by molar-refractivity contribution is 0.0964. The summed E-state index contributed by atoms with van der Waals surface area (Å²) in [5.74, 6) is -1.58. The lowest BCUT2D eigenvalue weighted by atomic mass is 10.1. The van der Waals surface area contributed by atoms with E-state index >= 15 is 0 Å². The van der Waals surface area contributed by atoms with E-state index in [1.54, 1.807) is 0 Å². The van der Waals surface area contributed by atoms with E-state index in [1.807, 2.05) is 0 Å². The highest BCUT2D eigenvalue weighted by atomic mass is 19.1. The van der Waals surface area contributed by atoms with Gasteiger partial charge in [-0.05, 0) is 38.1 Å². The first-order valence-electron chi connectivity index (χ1n) is 6.87. The third kappa shape index (κ3) is 4.39. The summed E-state index contributed by atoms with van der Waals surface area (Å²) in [4.78, 5) is 14.2. The Balaban J connectivity index is 1.89. The Morgan fingerprint density at radius 2 is 1.58 bits per heavy atom. The van der Waals surface area contributed by atoms with Crippen LogP contribution in [0.25, 0.3) is 0 Å². The van der Waals surface area contributed by atoms with Gasteiger partial charge in [0.25, 0.3) is 0 Å². The Kier molecular flexibility index (Phi) is 5.02. The van der Waals surface area contributed by atoms with Crippen LogP contribution in [-0.2, 0) is 0 Å².